The number of allylic oxidation sites excluding steroid dienone is 1. The summed E-state index contributed by atoms with van der Waals surface area (Å²) in [6, 6.07) is 0. The molecule has 0 amide bonds. The minimum absolute atomic E-state index is 0.847. The molecule has 0 atom stereocenters. The third kappa shape index (κ3) is 6.39. The normalized spacial score (nSPS) is 18.0. The molecule has 0 aromatic heterocycles. The van der Waals surface area contributed by atoms with Crippen LogP contribution in [0.15, 0.2) is 12.2 Å². The second-order valence-corrected chi connectivity index (χ2v) is 4.40. The van der Waals surface area contributed by atoms with Crippen molar-refractivity contribution in [1.82, 2.24) is 0 Å². The Labute approximate surface area is 91.6 Å². The molecule has 0 radical (unpaired) electrons. The Morgan fingerprint density at radius 3 is 2.36 bits per heavy atom. The molecule has 1 aliphatic heterocycles. The predicted molar refractivity (Wildman–Crippen MR) is 53.4 cm³/mol. The van der Waals surface area contributed by atoms with E-state index in [1.54, 1.807) is 0 Å². The second-order valence-electron chi connectivity index (χ2n) is 1.87. The maximum atomic E-state index is 4.76. The zero-order valence-corrected chi connectivity index (χ0v) is 12.0. The van der Waals surface area contributed by atoms with Gasteiger partial charge in [-0.1, -0.05) is 0 Å². The summed E-state index contributed by atoms with van der Waals surface area (Å²) in [4.78, 5) is 0. The zero-order chi connectivity index (χ0) is 8.53. The van der Waals surface area contributed by atoms with Crippen molar-refractivity contribution in [2.24, 2.45) is 0 Å². The van der Waals surface area contributed by atoms with Crippen LogP contribution in [0.3, 0.4) is 0 Å². The fraction of sp³-hybridized carbons (Fsp3) is 0.571. The van der Waals surface area contributed by atoms with Gasteiger partial charge in [-0.15, -0.1) is 11.5 Å². The van der Waals surface area contributed by atoms with Crippen molar-refractivity contribution in [3.05, 3.63) is 16.7 Å². The van der Waals surface area contributed by atoms with Crippen LogP contribution in [0.4, 0.5) is 0 Å². The first-order chi connectivity index (χ1) is 5.43. The van der Waals surface area contributed by atoms with Crippen LogP contribution >= 0.6 is 33.2 Å². The molecule has 11 heavy (non-hydrogen) atoms. The van der Waals surface area contributed by atoms with Gasteiger partial charge in [-0.2, -0.15) is 0 Å². The van der Waals surface area contributed by atoms with Crippen molar-refractivity contribution in [2.45, 2.75) is 13.3 Å². The molecule has 1 saturated heterocycles. The molecule has 0 aliphatic carbocycles. The van der Waals surface area contributed by atoms with Crippen LogP contribution in [0.5, 0.6) is 0 Å². The van der Waals surface area contributed by atoms with Gasteiger partial charge in [0.05, 0.1) is 0 Å². The first-order valence-corrected chi connectivity index (χ1v) is 9.32. The van der Waals surface area contributed by atoms with Crippen LogP contribution in [-0.2, 0) is 17.3 Å². The third-order valence-corrected chi connectivity index (χ3v) is 3.61. The Bertz CT molecular complexity index is 103. The fourth-order valence-electron chi connectivity index (χ4n) is 0.678. The average molecular weight is 260 g/mol. The first kappa shape index (κ1) is 12.2. The van der Waals surface area contributed by atoms with E-state index in [1.807, 2.05) is 23.5 Å². The van der Waals surface area contributed by atoms with E-state index in [0.29, 0.717) is 0 Å². The predicted octanol–water partition coefficient (Wildman–Crippen LogP) is 3.61. The Morgan fingerprint density at radius 1 is 1.36 bits per heavy atom. The molecule has 0 spiro atoms. The monoisotopic (exact) mass is 258 g/mol. The van der Waals surface area contributed by atoms with Crippen LogP contribution < -0.4 is 0 Å². The van der Waals surface area contributed by atoms with E-state index in [4.69, 9.17) is 9.69 Å². The summed E-state index contributed by atoms with van der Waals surface area (Å²) in [5.41, 5.74) is 0. The number of rotatable bonds is 1. The van der Waals surface area contributed by atoms with Gasteiger partial charge in [-0.3, -0.25) is 0 Å². The van der Waals surface area contributed by atoms with Crippen LogP contribution in [0.1, 0.15) is 13.3 Å². The molecule has 4 heteroatoms. The number of thioether (sulfide) groups is 2. The molecule has 0 aromatic carbocycles. The molecule has 1 fully saturated rings. The van der Waals surface area contributed by atoms with E-state index >= 15 is 0 Å². The summed E-state index contributed by atoms with van der Waals surface area (Å²) >= 11 is 4.81. The number of halogens is 1. The van der Waals surface area contributed by atoms with Crippen LogP contribution in [0.2, 0.25) is 0 Å². The van der Waals surface area contributed by atoms with E-state index < -0.39 is 0 Å². The van der Waals surface area contributed by atoms with Gasteiger partial charge in [0.1, 0.15) is 0 Å². The van der Waals surface area contributed by atoms with Crippen molar-refractivity contribution in [1.29, 1.82) is 0 Å². The SMILES string of the molecule is C/C=C/[C-]1SCCCS1.[Cl][Zn+]. The average Bonchev–Trinajstić information content (AvgIpc) is 2.11. The second kappa shape index (κ2) is 9.31. The molecular formula is C7H11ClS2Zn. The van der Waals surface area contributed by atoms with Crippen LogP contribution in [0, 0.1) is 4.58 Å². The maximum absolute atomic E-state index is 4.76. The Balaban J connectivity index is 0.000000461. The number of hydrogen-bond donors (Lipinski definition) is 0. The summed E-state index contributed by atoms with van der Waals surface area (Å²) in [5, 5.41) is 0. The zero-order valence-electron chi connectivity index (χ0n) is 6.68. The van der Waals surface area contributed by atoms with Gasteiger partial charge >= 0.3 is 27.0 Å². The Hall–Kier alpha value is 1.22. The van der Waals surface area contributed by atoms with E-state index in [2.05, 4.69) is 19.1 Å². The van der Waals surface area contributed by atoms with Gasteiger partial charge < -0.3 is 0 Å². The third-order valence-electron chi connectivity index (χ3n) is 1.08. The summed E-state index contributed by atoms with van der Waals surface area (Å²) < 4.78 is 1.49. The summed E-state index contributed by atoms with van der Waals surface area (Å²) in [6.07, 6.45) is 5.69. The minimum atomic E-state index is 0.847. The van der Waals surface area contributed by atoms with E-state index in [9.17, 15) is 0 Å². The van der Waals surface area contributed by atoms with Crippen molar-refractivity contribution in [3.63, 3.8) is 0 Å². The van der Waals surface area contributed by atoms with E-state index in [-0.39, 0.29) is 0 Å². The van der Waals surface area contributed by atoms with E-state index in [1.165, 1.54) is 22.5 Å². The van der Waals surface area contributed by atoms with Crippen LogP contribution in [0.25, 0.3) is 0 Å². The molecule has 0 bridgehead atoms. The van der Waals surface area contributed by atoms with Crippen molar-refractivity contribution >= 4 is 33.2 Å². The van der Waals surface area contributed by atoms with Gasteiger partial charge in [0.2, 0.25) is 0 Å². The van der Waals surface area contributed by atoms with Crippen molar-refractivity contribution < 1.29 is 17.3 Å². The van der Waals surface area contributed by atoms with Gasteiger partial charge in [0, 0.05) is 0 Å². The molecule has 1 aliphatic rings. The molecule has 0 N–H and O–H groups in total. The standard InChI is InChI=1S/C7H11S2.ClH.Zn/c1-2-4-7-8-5-3-6-9-7;;/h2,4H,3,5-6H2,1H3;1H;/q-1;;+2/p-1/b4-2+;;. The first-order valence-electron chi connectivity index (χ1n) is 3.45. The Kier molecular flexibility index (Phi) is 10.3. The van der Waals surface area contributed by atoms with Gasteiger partial charge in [0.15, 0.2) is 0 Å². The molecule has 1 heterocycles. The Morgan fingerprint density at radius 2 is 1.91 bits per heavy atom. The van der Waals surface area contributed by atoms with Crippen LogP contribution in [-0.4, -0.2) is 11.5 Å². The van der Waals surface area contributed by atoms with Gasteiger partial charge in [-0.25, -0.2) is 35.7 Å². The fourth-order valence-corrected chi connectivity index (χ4v) is 3.14. The van der Waals surface area contributed by atoms with Gasteiger partial charge in [-0.05, 0) is 17.9 Å². The molecular weight excluding hydrogens is 249 g/mol. The molecule has 0 nitrogen and oxygen atoms in total. The molecule has 0 unspecified atom stereocenters. The molecule has 1 rings (SSSR count). The van der Waals surface area contributed by atoms with E-state index in [0.717, 1.165) is 17.3 Å². The topological polar surface area (TPSA) is 0 Å². The molecule has 0 saturated carbocycles. The summed E-state index contributed by atoms with van der Waals surface area (Å²) in [5.74, 6) is 2.62. The number of hydrogen-bond acceptors (Lipinski definition) is 2. The van der Waals surface area contributed by atoms with Crippen molar-refractivity contribution in [2.75, 3.05) is 11.5 Å². The summed E-state index contributed by atoms with van der Waals surface area (Å²) in [7, 11) is 4.76. The molecule has 60 valence electrons. The molecule has 0 aromatic rings. The van der Waals surface area contributed by atoms with Crippen molar-refractivity contribution in [3.8, 4) is 0 Å². The summed E-state index contributed by atoms with van der Waals surface area (Å²) in [6.45, 7) is 2.07. The quantitative estimate of drug-likeness (QED) is 0.521. The van der Waals surface area contributed by atoms with Gasteiger partial charge in [0.25, 0.3) is 0 Å².